The van der Waals surface area contributed by atoms with Crippen LogP contribution in [0.5, 0.6) is 0 Å². The first-order valence-electron chi connectivity index (χ1n) is 9.08. The molecule has 1 aliphatic heterocycles. The summed E-state index contributed by atoms with van der Waals surface area (Å²) in [4.78, 5) is 35.5. The minimum Gasteiger partial charge on any atom is -0.378 e. The number of nitro benzene ring substituents is 2. The number of amides is 1. The third-order valence-corrected chi connectivity index (χ3v) is 4.62. The van der Waals surface area contributed by atoms with Gasteiger partial charge in [-0.1, -0.05) is 0 Å². The van der Waals surface area contributed by atoms with Crippen LogP contribution < -0.4 is 21.1 Å². The van der Waals surface area contributed by atoms with E-state index in [9.17, 15) is 25.0 Å². The van der Waals surface area contributed by atoms with E-state index in [-0.39, 0.29) is 22.1 Å². The number of carbonyl (C=O) groups excluding carboxylic acids is 1. The van der Waals surface area contributed by atoms with E-state index in [1.807, 2.05) is 4.90 Å². The topological polar surface area (TPSA) is 152 Å². The molecule has 1 heterocycles. The molecule has 162 valence electrons. The van der Waals surface area contributed by atoms with Gasteiger partial charge in [-0.3, -0.25) is 41.2 Å². The first-order chi connectivity index (χ1) is 14.8. The van der Waals surface area contributed by atoms with Gasteiger partial charge in [0, 0.05) is 37.4 Å². The van der Waals surface area contributed by atoms with Gasteiger partial charge in [-0.25, -0.2) is 0 Å². The molecule has 0 atom stereocenters. The van der Waals surface area contributed by atoms with Crippen molar-refractivity contribution in [1.29, 1.82) is 0 Å². The number of nitrogens with zero attached hydrogens (tertiary/aromatic N) is 3. The van der Waals surface area contributed by atoms with Crippen molar-refractivity contribution in [2.75, 3.05) is 36.6 Å². The Morgan fingerprint density at radius 3 is 2.23 bits per heavy atom. The molecule has 0 saturated carbocycles. The fourth-order valence-electron chi connectivity index (χ4n) is 2.90. The Morgan fingerprint density at radius 2 is 1.61 bits per heavy atom. The van der Waals surface area contributed by atoms with E-state index in [0.717, 1.165) is 0 Å². The van der Waals surface area contributed by atoms with Crippen molar-refractivity contribution in [1.82, 2.24) is 10.7 Å². The third kappa shape index (κ3) is 5.61. The number of hydrogen-bond acceptors (Lipinski definition) is 9. The number of thiocarbonyl (C=S) groups is 1. The van der Waals surface area contributed by atoms with E-state index < -0.39 is 15.8 Å². The fraction of sp³-hybridized carbons (Fsp3) is 0.222. The van der Waals surface area contributed by atoms with Gasteiger partial charge in [0.15, 0.2) is 5.11 Å². The molecule has 0 aromatic heterocycles. The number of hydrazine groups is 1. The highest BCUT2D eigenvalue weighted by Crippen LogP contribution is 2.26. The Morgan fingerprint density at radius 1 is 1.00 bits per heavy atom. The molecule has 0 bridgehead atoms. The Labute approximate surface area is 181 Å². The summed E-state index contributed by atoms with van der Waals surface area (Å²) in [5, 5.41) is 24.2. The maximum atomic E-state index is 12.8. The smallest absolute Gasteiger partial charge is 0.270 e. The van der Waals surface area contributed by atoms with Crippen LogP contribution in [-0.4, -0.2) is 47.2 Å². The summed E-state index contributed by atoms with van der Waals surface area (Å²) in [7, 11) is 0. The molecule has 13 heteroatoms. The number of carbonyl (C=O) groups is 1. The predicted octanol–water partition coefficient (Wildman–Crippen LogP) is 1.97. The number of anilines is 2. The standard InChI is InChI=1S/C18H18N6O6S/c25-17(19-18(31)21-20-12-1-3-13(4-2-12)23(26)27)15-11-14(24(28)29)5-6-16(15)22-7-9-30-10-8-22/h1-6,11,20H,7-10H2,(H2,19,21,25,31). The third-order valence-electron chi connectivity index (χ3n) is 4.41. The molecule has 0 aliphatic carbocycles. The number of nitro groups is 2. The highest BCUT2D eigenvalue weighted by atomic mass is 32.1. The maximum Gasteiger partial charge on any atom is 0.270 e. The van der Waals surface area contributed by atoms with Crippen LogP contribution in [0.1, 0.15) is 10.4 Å². The molecule has 1 fully saturated rings. The van der Waals surface area contributed by atoms with Crippen molar-refractivity contribution in [2.45, 2.75) is 0 Å². The SMILES string of the molecule is O=C(NC(=S)NNc1ccc([N+](=O)[O-])cc1)c1cc([N+](=O)[O-])ccc1N1CCOCC1. The quantitative estimate of drug-likeness (QED) is 0.341. The van der Waals surface area contributed by atoms with Gasteiger partial charge >= 0.3 is 0 Å². The molecule has 3 rings (SSSR count). The summed E-state index contributed by atoms with van der Waals surface area (Å²) >= 11 is 5.10. The van der Waals surface area contributed by atoms with Gasteiger partial charge in [-0.2, -0.15) is 0 Å². The molecular weight excluding hydrogens is 428 g/mol. The Bertz CT molecular complexity index is 1010. The number of morpholine rings is 1. The van der Waals surface area contributed by atoms with Crippen molar-refractivity contribution < 1.29 is 19.4 Å². The summed E-state index contributed by atoms with van der Waals surface area (Å²) in [6, 6.07) is 9.62. The molecule has 31 heavy (non-hydrogen) atoms. The van der Waals surface area contributed by atoms with Crippen molar-refractivity contribution in [3.05, 3.63) is 68.3 Å². The van der Waals surface area contributed by atoms with Crippen LogP contribution in [0.4, 0.5) is 22.7 Å². The lowest BCUT2D eigenvalue weighted by Crippen LogP contribution is -2.43. The number of non-ortho nitro benzene ring substituents is 2. The normalized spacial score (nSPS) is 13.2. The lowest BCUT2D eigenvalue weighted by Gasteiger charge is -2.30. The first kappa shape index (κ1) is 21.9. The van der Waals surface area contributed by atoms with Crippen LogP contribution in [0.3, 0.4) is 0 Å². The van der Waals surface area contributed by atoms with Crippen LogP contribution in [0.25, 0.3) is 0 Å². The lowest BCUT2D eigenvalue weighted by molar-refractivity contribution is -0.385. The largest absolute Gasteiger partial charge is 0.378 e. The molecule has 12 nitrogen and oxygen atoms in total. The molecule has 0 unspecified atom stereocenters. The van der Waals surface area contributed by atoms with Crippen LogP contribution in [0.15, 0.2) is 42.5 Å². The van der Waals surface area contributed by atoms with Crippen LogP contribution >= 0.6 is 12.2 Å². The van der Waals surface area contributed by atoms with Crippen molar-refractivity contribution in [3.8, 4) is 0 Å². The van der Waals surface area contributed by atoms with Gasteiger partial charge in [-0.05, 0) is 30.4 Å². The first-order valence-corrected chi connectivity index (χ1v) is 9.49. The number of ether oxygens (including phenoxy) is 1. The minimum absolute atomic E-state index is 0.0669. The molecule has 3 N–H and O–H groups in total. The van der Waals surface area contributed by atoms with E-state index in [0.29, 0.717) is 37.7 Å². The minimum atomic E-state index is -0.617. The second-order valence-corrected chi connectivity index (χ2v) is 6.80. The highest BCUT2D eigenvalue weighted by molar-refractivity contribution is 7.80. The summed E-state index contributed by atoms with van der Waals surface area (Å²) in [5.74, 6) is -0.617. The molecule has 1 aliphatic rings. The molecule has 1 amide bonds. The monoisotopic (exact) mass is 446 g/mol. The zero-order valence-corrected chi connectivity index (χ0v) is 16.9. The molecular formula is C18H18N6O6S. The van der Waals surface area contributed by atoms with Crippen LogP contribution in [-0.2, 0) is 4.74 Å². The average Bonchev–Trinajstić information content (AvgIpc) is 2.78. The molecule has 0 spiro atoms. The van der Waals surface area contributed by atoms with E-state index in [4.69, 9.17) is 17.0 Å². The van der Waals surface area contributed by atoms with Gasteiger partial charge in [0.05, 0.1) is 40.0 Å². The fourth-order valence-corrected chi connectivity index (χ4v) is 3.04. The predicted molar refractivity (Wildman–Crippen MR) is 116 cm³/mol. The van der Waals surface area contributed by atoms with Crippen molar-refractivity contribution >= 4 is 46.0 Å². The number of benzene rings is 2. The summed E-state index contributed by atoms with van der Waals surface area (Å²) < 4.78 is 5.32. The second kappa shape index (κ2) is 9.77. The lowest BCUT2D eigenvalue weighted by atomic mass is 10.1. The molecule has 1 saturated heterocycles. The zero-order valence-electron chi connectivity index (χ0n) is 16.1. The summed E-state index contributed by atoms with van der Waals surface area (Å²) in [5.41, 5.74) is 6.15. The Kier molecular flexibility index (Phi) is 6.89. The van der Waals surface area contributed by atoms with E-state index >= 15 is 0 Å². The second-order valence-electron chi connectivity index (χ2n) is 6.40. The Hall–Kier alpha value is -3.84. The van der Waals surface area contributed by atoms with E-state index in [1.165, 1.54) is 42.5 Å². The van der Waals surface area contributed by atoms with Crippen LogP contribution in [0, 0.1) is 20.2 Å². The zero-order chi connectivity index (χ0) is 22.4. The number of nitrogens with one attached hydrogen (secondary N) is 3. The highest BCUT2D eigenvalue weighted by Gasteiger charge is 2.22. The van der Waals surface area contributed by atoms with Gasteiger partial charge < -0.3 is 9.64 Å². The number of hydrogen-bond donors (Lipinski definition) is 3. The van der Waals surface area contributed by atoms with Crippen LogP contribution in [0.2, 0.25) is 0 Å². The van der Waals surface area contributed by atoms with Gasteiger partial charge in [0.25, 0.3) is 17.3 Å². The Balaban J connectivity index is 1.69. The van der Waals surface area contributed by atoms with Crippen molar-refractivity contribution in [3.63, 3.8) is 0 Å². The van der Waals surface area contributed by atoms with E-state index in [1.54, 1.807) is 0 Å². The van der Waals surface area contributed by atoms with E-state index in [2.05, 4.69) is 16.2 Å². The van der Waals surface area contributed by atoms with Crippen molar-refractivity contribution in [2.24, 2.45) is 0 Å². The molecule has 0 radical (unpaired) electrons. The molecule has 2 aromatic rings. The van der Waals surface area contributed by atoms with Gasteiger partial charge in [-0.15, -0.1) is 0 Å². The van der Waals surface area contributed by atoms with Gasteiger partial charge in [0.2, 0.25) is 0 Å². The average molecular weight is 446 g/mol. The summed E-state index contributed by atoms with van der Waals surface area (Å²) in [6.45, 7) is 2.05. The summed E-state index contributed by atoms with van der Waals surface area (Å²) in [6.07, 6.45) is 0. The van der Waals surface area contributed by atoms with Gasteiger partial charge in [0.1, 0.15) is 0 Å². The molecule has 2 aromatic carbocycles. The number of rotatable bonds is 6. The maximum absolute atomic E-state index is 12.8.